The van der Waals surface area contributed by atoms with Gasteiger partial charge >= 0.3 is 11.9 Å². The van der Waals surface area contributed by atoms with Crippen LogP contribution in [0.5, 0.6) is 0 Å². The molecule has 0 aromatic heterocycles. The molecule has 0 rings (SSSR count). The van der Waals surface area contributed by atoms with E-state index in [1.165, 1.54) is 141 Å². The van der Waals surface area contributed by atoms with Gasteiger partial charge in [0, 0.05) is 12.8 Å². The number of ether oxygens (including phenoxy) is 1. The van der Waals surface area contributed by atoms with Crippen molar-refractivity contribution in [3.05, 3.63) is 24.3 Å². The summed E-state index contributed by atoms with van der Waals surface area (Å²) in [5, 5.41) is 8.63. The minimum absolute atomic E-state index is 0.00857. The molecule has 0 unspecified atom stereocenters. The number of carboxylic acid groups (broad SMARTS) is 1. The van der Waals surface area contributed by atoms with E-state index in [1.54, 1.807) is 0 Å². The second-order valence-electron chi connectivity index (χ2n) is 12.3. The number of aliphatic carboxylic acids is 1. The predicted molar refractivity (Wildman–Crippen MR) is 181 cm³/mol. The average molecular weight is 591 g/mol. The van der Waals surface area contributed by atoms with Crippen LogP contribution in [-0.4, -0.2) is 23.7 Å². The zero-order valence-electron chi connectivity index (χ0n) is 27.9. The molecule has 0 aliphatic carbocycles. The van der Waals surface area contributed by atoms with Gasteiger partial charge in [-0.3, -0.25) is 9.59 Å². The van der Waals surface area contributed by atoms with Gasteiger partial charge in [-0.25, -0.2) is 0 Å². The quantitative estimate of drug-likeness (QED) is 0.0460. The molecule has 246 valence electrons. The second kappa shape index (κ2) is 35.6. The Morgan fingerprint density at radius 3 is 1.19 bits per heavy atom. The van der Waals surface area contributed by atoms with Crippen LogP contribution in [0.2, 0.25) is 0 Å². The van der Waals surface area contributed by atoms with Crippen LogP contribution in [0.3, 0.4) is 0 Å². The standard InChI is InChI=1S/C38H70O4/c1-2-3-4-5-6-7-8-9-13-17-20-23-26-29-32-35-38(41)42-36-33-30-27-24-21-18-15-12-10-11-14-16-19-22-25-28-31-34-37(39)40/h9,12-13,15H,2-8,10-11,14,16-36H2,1H3,(H,39,40)/b13-9-,15-12?. The third-order valence-electron chi connectivity index (χ3n) is 8.10. The normalized spacial score (nSPS) is 11.6. The van der Waals surface area contributed by atoms with Gasteiger partial charge < -0.3 is 9.84 Å². The van der Waals surface area contributed by atoms with E-state index in [1.807, 2.05) is 0 Å². The third-order valence-corrected chi connectivity index (χ3v) is 8.10. The SMILES string of the molecule is CCCCCCCC/C=C\CCCCCCCC(=O)OCCCCCCCC=CCCCCCCCCCCC(=O)O. The number of rotatable bonds is 34. The lowest BCUT2D eigenvalue weighted by molar-refractivity contribution is -0.144. The maximum atomic E-state index is 11.9. The highest BCUT2D eigenvalue weighted by atomic mass is 16.5. The molecule has 0 spiro atoms. The molecule has 0 aliphatic rings. The van der Waals surface area contributed by atoms with Crippen LogP contribution in [0.25, 0.3) is 0 Å². The molecular weight excluding hydrogens is 520 g/mol. The van der Waals surface area contributed by atoms with E-state index in [0.717, 1.165) is 38.5 Å². The van der Waals surface area contributed by atoms with Crippen molar-refractivity contribution in [3.63, 3.8) is 0 Å². The molecular formula is C38H70O4. The van der Waals surface area contributed by atoms with Crippen molar-refractivity contribution in [2.24, 2.45) is 0 Å². The smallest absolute Gasteiger partial charge is 0.305 e. The first-order valence-corrected chi connectivity index (χ1v) is 18.3. The van der Waals surface area contributed by atoms with Crippen LogP contribution in [0, 0.1) is 0 Å². The Kier molecular flexibility index (Phi) is 34.3. The Hall–Kier alpha value is -1.58. The van der Waals surface area contributed by atoms with Crippen LogP contribution >= 0.6 is 0 Å². The molecule has 0 fully saturated rings. The van der Waals surface area contributed by atoms with Crippen LogP contribution in [0.1, 0.15) is 200 Å². The first kappa shape index (κ1) is 40.4. The van der Waals surface area contributed by atoms with Crippen molar-refractivity contribution in [2.45, 2.75) is 200 Å². The van der Waals surface area contributed by atoms with Gasteiger partial charge in [-0.2, -0.15) is 0 Å². The zero-order chi connectivity index (χ0) is 30.6. The van der Waals surface area contributed by atoms with Crippen LogP contribution < -0.4 is 0 Å². The molecule has 0 atom stereocenters. The van der Waals surface area contributed by atoms with Crippen LogP contribution in [0.15, 0.2) is 24.3 Å². The fourth-order valence-electron chi connectivity index (χ4n) is 5.33. The first-order valence-electron chi connectivity index (χ1n) is 18.3. The molecule has 4 nitrogen and oxygen atoms in total. The minimum atomic E-state index is -0.670. The monoisotopic (exact) mass is 591 g/mol. The molecule has 0 aliphatic heterocycles. The van der Waals surface area contributed by atoms with Gasteiger partial charge in [-0.1, -0.05) is 140 Å². The number of carboxylic acids is 1. The Labute approximate surface area is 261 Å². The molecule has 0 heterocycles. The summed E-state index contributed by atoms with van der Waals surface area (Å²) < 4.78 is 5.42. The summed E-state index contributed by atoms with van der Waals surface area (Å²) in [7, 11) is 0. The molecule has 42 heavy (non-hydrogen) atoms. The molecule has 0 radical (unpaired) electrons. The number of allylic oxidation sites excluding steroid dienone is 4. The number of hydrogen-bond acceptors (Lipinski definition) is 3. The van der Waals surface area contributed by atoms with Crippen molar-refractivity contribution in [3.8, 4) is 0 Å². The molecule has 1 N–H and O–H groups in total. The lowest BCUT2D eigenvalue weighted by Crippen LogP contribution is -2.05. The molecule has 0 aromatic carbocycles. The van der Waals surface area contributed by atoms with E-state index >= 15 is 0 Å². The van der Waals surface area contributed by atoms with E-state index in [4.69, 9.17) is 9.84 Å². The van der Waals surface area contributed by atoms with E-state index in [0.29, 0.717) is 19.4 Å². The van der Waals surface area contributed by atoms with Gasteiger partial charge in [0.2, 0.25) is 0 Å². The summed E-state index contributed by atoms with van der Waals surface area (Å²) >= 11 is 0. The zero-order valence-corrected chi connectivity index (χ0v) is 27.9. The predicted octanol–water partition coefficient (Wildman–Crippen LogP) is 12.4. The molecule has 0 amide bonds. The van der Waals surface area contributed by atoms with E-state index in [9.17, 15) is 9.59 Å². The minimum Gasteiger partial charge on any atom is -0.481 e. The fourth-order valence-corrected chi connectivity index (χ4v) is 5.33. The first-order chi connectivity index (χ1) is 20.7. The summed E-state index contributed by atoms with van der Waals surface area (Å²) in [4.78, 5) is 22.4. The molecule has 0 bridgehead atoms. The Morgan fingerprint density at radius 2 is 0.786 bits per heavy atom. The Balaban J connectivity index is 3.24. The van der Waals surface area contributed by atoms with Gasteiger partial charge in [-0.05, 0) is 70.6 Å². The maximum absolute atomic E-state index is 11.9. The average Bonchev–Trinajstić information content (AvgIpc) is 2.98. The van der Waals surface area contributed by atoms with Crippen molar-refractivity contribution >= 4 is 11.9 Å². The number of carbonyl (C=O) groups excluding carboxylic acids is 1. The van der Waals surface area contributed by atoms with Gasteiger partial charge in [0.1, 0.15) is 0 Å². The van der Waals surface area contributed by atoms with Crippen molar-refractivity contribution < 1.29 is 19.4 Å². The molecule has 0 aromatic rings. The summed E-state index contributed by atoms with van der Waals surface area (Å²) in [5.74, 6) is -0.678. The van der Waals surface area contributed by atoms with Gasteiger partial charge in [0.25, 0.3) is 0 Å². The topological polar surface area (TPSA) is 63.6 Å². The lowest BCUT2D eigenvalue weighted by Gasteiger charge is -2.05. The number of unbranched alkanes of at least 4 members (excludes halogenated alkanes) is 24. The van der Waals surface area contributed by atoms with E-state index in [-0.39, 0.29) is 5.97 Å². The second-order valence-corrected chi connectivity index (χ2v) is 12.3. The van der Waals surface area contributed by atoms with Crippen molar-refractivity contribution in [2.75, 3.05) is 6.61 Å². The van der Waals surface area contributed by atoms with Gasteiger partial charge in [-0.15, -0.1) is 0 Å². The highest BCUT2D eigenvalue weighted by Gasteiger charge is 2.02. The lowest BCUT2D eigenvalue weighted by atomic mass is 10.1. The highest BCUT2D eigenvalue weighted by molar-refractivity contribution is 5.69. The number of esters is 1. The summed E-state index contributed by atoms with van der Waals surface area (Å²) in [6.45, 7) is 2.86. The maximum Gasteiger partial charge on any atom is 0.305 e. The Bertz CT molecular complexity index is 625. The van der Waals surface area contributed by atoms with Crippen molar-refractivity contribution in [1.82, 2.24) is 0 Å². The molecule has 4 heteroatoms. The fraction of sp³-hybridized carbons (Fsp3) is 0.842. The van der Waals surface area contributed by atoms with Crippen LogP contribution in [0.4, 0.5) is 0 Å². The summed E-state index contributed by atoms with van der Waals surface area (Å²) in [5.41, 5.74) is 0. The van der Waals surface area contributed by atoms with Crippen LogP contribution in [-0.2, 0) is 14.3 Å². The molecule has 0 saturated carbocycles. The van der Waals surface area contributed by atoms with Gasteiger partial charge in [0.15, 0.2) is 0 Å². The molecule has 0 saturated heterocycles. The number of hydrogen-bond donors (Lipinski definition) is 1. The van der Waals surface area contributed by atoms with Gasteiger partial charge in [0.05, 0.1) is 6.61 Å². The Morgan fingerprint density at radius 1 is 0.452 bits per heavy atom. The largest absolute Gasteiger partial charge is 0.481 e. The summed E-state index contributed by atoms with van der Waals surface area (Å²) in [6, 6.07) is 0. The van der Waals surface area contributed by atoms with Crippen molar-refractivity contribution in [1.29, 1.82) is 0 Å². The highest BCUT2D eigenvalue weighted by Crippen LogP contribution is 2.13. The van der Waals surface area contributed by atoms with E-state index < -0.39 is 5.97 Å². The summed E-state index contributed by atoms with van der Waals surface area (Å²) in [6.07, 6.45) is 44.7. The third kappa shape index (κ3) is 36.4. The number of carbonyl (C=O) groups is 2. The van der Waals surface area contributed by atoms with E-state index in [2.05, 4.69) is 31.2 Å².